The molecular formula is C13H14O. The lowest BCUT2D eigenvalue weighted by Crippen LogP contribution is -2.15. The third-order valence-electron chi connectivity index (χ3n) is 3.49. The highest BCUT2D eigenvalue weighted by atomic mass is 16.3. The summed E-state index contributed by atoms with van der Waals surface area (Å²) >= 11 is 0. The van der Waals surface area contributed by atoms with Crippen LogP contribution in [0.5, 0.6) is 0 Å². The number of hydrogen-bond acceptors (Lipinski definition) is 1. The fraction of sp³-hybridized carbons (Fsp3) is 0.385. The molecule has 2 aliphatic rings. The van der Waals surface area contributed by atoms with E-state index in [9.17, 15) is 5.11 Å². The van der Waals surface area contributed by atoms with E-state index < -0.39 is 0 Å². The summed E-state index contributed by atoms with van der Waals surface area (Å²) in [7, 11) is 0. The average molecular weight is 186 g/mol. The van der Waals surface area contributed by atoms with Gasteiger partial charge in [-0.05, 0) is 29.9 Å². The first-order valence-electron chi connectivity index (χ1n) is 5.30. The molecule has 3 unspecified atom stereocenters. The molecule has 3 rings (SSSR count). The number of hydrogen-bond donors (Lipinski definition) is 1. The summed E-state index contributed by atoms with van der Waals surface area (Å²) in [6.07, 6.45) is 4.39. The smallest absolute Gasteiger partial charge is 0.0614 e. The molecule has 0 spiro atoms. The second-order valence-electron chi connectivity index (χ2n) is 4.39. The van der Waals surface area contributed by atoms with Gasteiger partial charge in [0.05, 0.1) is 6.10 Å². The van der Waals surface area contributed by atoms with Gasteiger partial charge in [0.2, 0.25) is 0 Å². The Morgan fingerprint density at radius 2 is 1.86 bits per heavy atom. The highest BCUT2D eigenvalue weighted by Gasteiger charge is 2.39. The number of aliphatic hydroxyl groups is 1. The second kappa shape index (κ2) is 2.96. The zero-order chi connectivity index (χ0) is 9.54. The van der Waals surface area contributed by atoms with Gasteiger partial charge in [-0.25, -0.2) is 0 Å². The molecule has 1 N–H and O–H groups in total. The predicted molar refractivity (Wildman–Crippen MR) is 56.6 cm³/mol. The number of benzene rings is 1. The van der Waals surface area contributed by atoms with Gasteiger partial charge >= 0.3 is 0 Å². The largest absolute Gasteiger partial charge is 0.392 e. The van der Waals surface area contributed by atoms with Crippen molar-refractivity contribution in [3.8, 4) is 0 Å². The van der Waals surface area contributed by atoms with Crippen LogP contribution in [-0.2, 0) is 0 Å². The molecule has 0 aromatic heterocycles. The van der Waals surface area contributed by atoms with E-state index in [4.69, 9.17) is 0 Å². The monoisotopic (exact) mass is 186 g/mol. The van der Waals surface area contributed by atoms with E-state index in [1.165, 1.54) is 11.1 Å². The van der Waals surface area contributed by atoms with E-state index in [0.717, 1.165) is 12.8 Å². The summed E-state index contributed by atoms with van der Waals surface area (Å²) < 4.78 is 0. The lowest BCUT2D eigenvalue weighted by atomic mass is 9.90. The Balaban J connectivity index is 1.98. The van der Waals surface area contributed by atoms with Crippen LogP contribution in [0, 0.1) is 11.8 Å². The molecule has 72 valence electrons. The fourth-order valence-corrected chi connectivity index (χ4v) is 2.84. The highest BCUT2D eigenvalue weighted by Crippen LogP contribution is 2.47. The van der Waals surface area contributed by atoms with Crippen molar-refractivity contribution in [1.82, 2.24) is 0 Å². The summed E-state index contributed by atoms with van der Waals surface area (Å²) in [5, 5.41) is 9.81. The van der Waals surface area contributed by atoms with Crippen molar-refractivity contribution < 1.29 is 5.11 Å². The van der Waals surface area contributed by atoms with Crippen LogP contribution in [0.25, 0.3) is 5.57 Å². The van der Waals surface area contributed by atoms with Gasteiger partial charge < -0.3 is 5.11 Å². The molecule has 3 atom stereocenters. The molecule has 1 saturated carbocycles. The zero-order valence-corrected chi connectivity index (χ0v) is 8.06. The lowest BCUT2D eigenvalue weighted by molar-refractivity contribution is 0.152. The third kappa shape index (κ3) is 1.12. The van der Waals surface area contributed by atoms with Crippen LogP contribution >= 0.6 is 0 Å². The van der Waals surface area contributed by atoms with Crippen molar-refractivity contribution in [3.63, 3.8) is 0 Å². The molecular weight excluding hydrogens is 172 g/mol. The number of allylic oxidation sites excluding steroid dienone is 1. The van der Waals surface area contributed by atoms with Crippen molar-refractivity contribution in [2.24, 2.45) is 11.8 Å². The average Bonchev–Trinajstić information content (AvgIpc) is 2.77. The van der Waals surface area contributed by atoms with Gasteiger partial charge in [0, 0.05) is 5.92 Å². The van der Waals surface area contributed by atoms with Crippen LogP contribution in [-0.4, -0.2) is 11.2 Å². The molecule has 1 aromatic carbocycles. The van der Waals surface area contributed by atoms with Gasteiger partial charge in [-0.2, -0.15) is 0 Å². The molecule has 2 aliphatic carbocycles. The summed E-state index contributed by atoms with van der Waals surface area (Å²) in [4.78, 5) is 0. The molecule has 14 heavy (non-hydrogen) atoms. The Bertz CT molecular complexity index is 366. The van der Waals surface area contributed by atoms with Crippen molar-refractivity contribution in [2.75, 3.05) is 0 Å². The Kier molecular flexibility index (Phi) is 1.74. The van der Waals surface area contributed by atoms with E-state index in [1.807, 2.05) is 6.07 Å². The molecule has 0 saturated heterocycles. The summed E-state index contributed by atoms with van der Waals surface area (Å²) in [5.41, 5.74) is 2.66. The van der Waals surface area contributed by atoms with Gasteiger partial charge in [-0.15, -0.1) is 0 Å². The van der Waals surface area contributed by atoms with E-state index in [2.05, 4.69) is 30.3 Å². The number of fused-ring (bicyclic) bond motifs is 2. The molecule has 1 nitrogen and oxygen atoms in total. The minimum absolute atomic E-state index is 0.0970. The van der Waals surface area contributed by atoms with Gasteiger partial charge in [0.1, 0.15) is 0 Å². The Hall–Kier alpha value is -1.08. The first-order chi connectivity index (χ1) is 6.84. The number of rotatable bonds is 1. The summed E-state index contributed by atoms with van der Waals surface area (Å²) in [6, 6.07) is 10.4. The normalized spacial score (nSPS) is 34.6. The molecule has 0 radical (unpaired) electrons. The van der Waals surface area contributed by atoms with Gasteiger partial charge in [0.25, 0.3) is 0 Å². The topological polar surface area (TPSA) is 20.2 Å². The number of aliphatic hydroxyl groups excluding tert-OH is 1. The first-order valence-corrected chi connectivity index (χ1v) is 5.30. The van der Waals surface area contributed by atoms with Gasteiger partial charge in [0.15, 0.2) is 0 Å². The Morgan fingerprint density at radius 1 is 1.07 bits per heavy atom. The summed E-state index contributed by atoms with van der Waals surface area (Å²) in [5.74, 6) is 1.03. The minimum atomic E-state index is -0.0970. The SMILES string of the molecule is OC1CC2C=C(c3ccccc3)C1C2. The van der Waals surface area contributed by atoms with Crippen LogP contribution in [0.15, 0.2) is 36.4 Å². The van der Waals surface area contributed by atoms with Crippen LogP contribution < -0.4 is 0 Å². The standard InChI is InChI=1S/C13H14O/c14-13-8-9-6-11(12(13)7-9)10-4-2-1-3-5-10/h1-6,9,12-14H,7-8H2. The fourth-order valence-electron chi connectivity index (χ4n) is 2.84. The maximum absolute atomic E-state index is 9.81. The Morgan fingerprint density at radius 3 is 2.50 bits per heavy atom. The van der Waals surface area contributed by atoms with Crippen LogP contribution in [0.4, 0.5) is 0 Å². The van der Waals surface area contributed by atoms with Crippen LogP contribution in [0.2, 0.25) is 0 Å². The Labute approximate surface area is 84.1 Å². The van der Waals surface area contributed by atoms with Gasteiger partial charge in [-0.3, -0.25) is 0 Å². The van der Waals surface area contributed by atoms with Gasteiger partial charge in [-0.1, -0.05) is 36.4 Å². The maximum atomic E-state index is 9.81. The van der Waals surface area contributed by atoms with Crippen LogP contribution in [0.3, 0.4) is 0 Å². The second-order valence-corrected chi connectivity index (χ2v) is 4.39. The van der Waals surface area contributed by atoms with E-state index in [0.29, 0.717) is 11.8 Å². The molecule has 2 bridgehead atoms. The molecule has 1 heteroatoms. The van der Waals surface area contributed by atoms with Crippen molar-refractivity contribution in [1.29, 1.82) is 0 Å². The highest BCUT2D eigenvalue weighted by molar-refractivity contribution is 5.71. The van der Waals surface area contributed by atoms with E-state index in [-0.39, 0.29) is 6.10 Å². The predicted octanol–water partition coefficient (Wildman–Crippen LogP) is 2.47. The van der Waals surface area contributed by atoms with E-state index >= 15 is 0 Å². The molecule has 0 aliphatic heterocycles. The third-order valence-corrected chi connectivity index (χ3v) is 3.49. The molecule has 0 amide bonds. The van der Waals surface area contributed by atoms with Crippen molar-refractivity contribution >= 4 is 5.57 Å². The minimum Gasteiger partial charge on any atom is -0.392 e. The maximum Gasteiger partial charge on any atom is 0.0614 e. The molecule has 0 heterocycles. The van der Waals surface area contributed by atoms with Crippen LogP contribution in [0.1, 0.15) is 18.4 Å². The van der Waals surface area contributed by atoms with E-state index in [1.54, 1.807) is 0 Å². The molecule has 1 aromatic rings. The molecule has 1 fully saturated rings. The zero-order valence-electron chi connectivity index (χ0n) is 8.06. The lowest BCUT2D eigenvalue weighted by Gasteiger charge is -2.19. The summed E-state index contributed by atoms with van der Waals surface area (Å²) in [6.45, 7) is 0. The first kappa shape index (κ1) is 8.25. The quantitative estimate of drug-likeness (QED) is 0.714. The van der Waals surface area contributed by atoms with Crippen molar-refractivity contribution in [2.45, 2.75) is 18.9 Å². The van der Waals surface area contributed by atoms with Crippen molar-refractivity contribution in [3.05, 3.63) is 42.0 Å².